The fourth-order valence-electron chi connectivity index (χ4n) is 2.21. The normalized spacial score (nSPS) is 15.1. The van der Waals surface area contributed by atoms with Gasteiger partial charge < -0.3 is 20.5 Å². The van der Waals surface area contributed by atoms with Crippen LogP contribution >= 0.6 is 12.4 Å². The maximum atomic E-state index is 12.1. The highest BCUT2D eigenvalue weighted by atomic mass is 35.5. The summed E-state index contributed by atoms with van der Waals surface area (Å²) in [6, 6.07) is 0. The molecule has 0 spiro atoms. The van der Waals surface area contributed by atoms with Gasteiger partial charge in [0.25, 0.3) is 5.91 Å². The van der Waals surface area contributed by atoms with Gasteiger partial charge in [0, 0.05) is 43.9 Å². The Balaban J connectivity index is 0.00000242. The third-order valence-electron chi connectivity index (χ3n) is 3.28. The number of H-pyrrole nitrogens is 1. The number of hydrogen-bond acceptors (Lipinski definition) is 5. The van der Waals surface area contributed by atoms with Gasteiger partial charge in [0.15, 0.2) is 5.69 Å². The molecule has 0 aliphatic carbocycles. The molecular weight excluding hydrogens is 308 g/mol. The fraction of sp³-hybridized carbons (Fsp3) is 0.714. The minimum atomic E-state index is -0.708. The number of carbonyl (C=O) groups excluding carboxylic acids is 1. The van der Waals surface area contributed by atoms with Crippen molar-refractivity contribution in [2.24, 2.45) is 5.92 Å². The number of amides is 1. The molecule has 7 nitrogen and oxygen atoms in total. The van der Waals surface area contributed by atoms with E-state index in [0.717, 1.165) is 24.2 Å². The van der Waals surface area contributed by atoms with E-state index in [9.17, 15) is 9.90 Å². The molecular formula is C14H25ClN4O3. The minimum absolute atomic E-state index is 0. The first-order chi connectivity index (χ1) is 10.1. The van der Waals surface area contributed by atoms with Crippen molar-refractivity contribution < 1.29 is 14.6 Å². The lowest BCUT2D eigenvalue weighted by atomic mass is 10.1. The van der Waals surface area contributed by atoms with Gasteiger partial charge in [0.2, 0.25) is 0 Å². The Labute approximate surface area is 136 Å². The second-order valence-electron chi connectivity index (χ2n) is 5.75. The summed E-state index contributed by atoms with van der Waals surface area (Å²) in [7, 11) is 0. The molecule has 0 saturated heterocycles. The van der Waals surface area contributed by atoms with Crippen LogP contribution in [-0.2, 0) is 17.7 Å². The average molecular weight is 333 g/mol. The summed E-state index contributed by atoms with van der Waals surface area (Å²) in [5.74, 6) is 0.161. The largest absolute Gasteiger partial charge is 0.389 e. The molecule has 1 aliphatic heterocycles. The number of fused-ring (bicyclic) bond motifs is 1. The van der Waals surface area contributed by atoms with E-state index in [0.29, 0.717) is 24.8 Å². The molecule has 0 aromatic carbocycles. The SMILES string of the molecule is CC(C)COCC(O)CNC(=O)c1n[nH]c2c1CNCC2.Cl. The highest BCUT2D eigenvalue weighted by molar-refractivity contribution is 5.94. The number of rotatable bonds is 7. The molecule has 1 amide bonds. The Kier molecular flexibility index (Phi) is 7.81. The summed E-state index contributed by atoms with van der Waals surface area (Å²) >= 11 is 0. The average Bonchev–Trinajstić information content (AvgIpc) is 2.88. The van der Waals surface area contributed by atoms with Gasteiger partial charge in [-0.05, 0) is 5.92 Å². The van der Waals surface area contributed by atoms with Crippen LogP contribution in [0.25, 0.3) is 0 Å². The molecule has 2 heterocycles. The van der Waals surface area contributed by atoms with E-state index in [4.69, 9.17) is 4.74 Å². The van der Waals surface area contributed by atoms with Gasteiger partial charge in [0.05, 0.1) is 12.7 Å². The van der Waals surface area contributed by atoms with Crippen molar-refractivity contribution in [1.82, 2.24) is 20.8 Å². The van der Waals surface area contributed by atoms with Gasteiger partial charge in [-0.15, -0.1) is 12.4 Å². The number of carbonyl (C=O) groups is 1. The van der Waals surface area contributed by atoms with E-state index in [-0.39, 0.29) is 31.5 Å². The number of halogens is 1. The molecule has 1 atom stereocenters. The summed E-state index contributed by atoms with van der Waals surface area (Å²) in [6.07, 6.45) is 0.141. The summed E-state index contributed by atoms with van der Waals surface area (Å²) in [6.45, 7) is 6.61. The van der Waals surface area contributed by atoms with Crippen LogP contribution in [0.3, 0.4) is 0 Å². The molecule has 4 N–H and O–H groups in total. The Hall–Kier alpha value is -1.15. The molecule has 8 heteroatoms. The van der Waals surface area contributed by atoms with E-state index in [2.05, 4.69) is 20.8 Å². The first-order valence-corrected chi connectivity index (χ1v) is 7.38. The zero-order valence-electron chi connectivity index (χ0n) is 13.0. The molecule has 1 aromatic heterocycles. The standard InChI is InChI=1S/C14H24N4O3.ClH/c1-9(2)7-21-8-10(19)5-16-14(20)13-11-6-15-4-3-12(11)17-18-13;/h9-10,15,19H,3-8H2,1-2H3,(H,16,20)(H,17,18);1H. The van der Waals surface area contributed by atoms with Gasteiger partial charge >= 0.3 is 0 Å². The minimum Gasteiger partial charge on any atom is -0.389 e. The lowest BCUT2D eigenvalue weighted by Gasteiger charge is -2.14. The van der Waals surface area contributed by atoms with Gasteiger partial charge in [-0.1, -0.05) is 13.8 Å². The zero-order chi connectivity index (χ0) is 15.2. The Morgan fingerprint density at radius 2 is 2.23 bits per heavy atom. The number of aromatic amines is 1. The molecule has 2 rings (SSSR count). The monoisotopic (exact) mass is 332 g/mol. The number of nitrogens with zero attached hydrogens (tertiary/aromatic N) is 1. The molecule has 1 unspecified atom stereocenters. The summed E-state index contributed by atoms with van der Waals surface area (Å²) in [5.41, 5.74) is 2.34. The van der Waals surface area contributed by atoms with E-state index >= 15 is 0 Å². The van der Waals surface area contributed by atoms with Crippen molar-refractivity contribution in [3.05, 3.63) is 17.0 Å². The van der Waals surface area contributed by atoms with Crippen LogP contribution in [-0.4, -0.2) is 53.6 Å². The first kappa shape index (κ1) is 18.9. The van der Waals surface area contributed by atoms with Crippen molar-refractivity contribution in [1.29, 1.82) is 0 Å². The lowest BCUT2D eigenvalue weighted by molar-refractivity contribution is 0.0259. The molecule has 0 radical (unpaired) electrons. The maximum Gasteiger partial charge on any atom is 0.272 e. The summed E-state index contributed by atoms with van der Waals surface area (Å²) < 4.78 is 5.34. The van der Waals surface area contributed by atoms with Crippen LogP contribution in [0, 0.1) is 5.92 Å². The predicted octanol–water partition coefficient (Wildman–Crippen LogP) is 0.241. The number of ether oxygens (including phenoxy) is 1. The van der Waals surface area contributed by atoms with Crippen molar-refractivity contribution in [2.75, 3.05) is 26.3 Å². The Morgan fingerprint density at radius 3 is 2.95 bits per heavy atom. The number of aliphatic hydroxyl groups is 1. The fourth-order valence-corrected chi connectivity index (χ4v) is 2.21. The van der Waals surface area contributed by atoms with Gasteiger partial charge in [-0.3, -0.25) is 9.89 Å². The predicted molar refractivity (Wildman–Crippen MR) is 85.2 cm³/mol. The van der Waals surface area contributed by atoms with E-state index in [1.165, 1.54) is 0 Å². The third-order valence-corrected chi connectivity index (χ3v) is 3.28. The lowest BCUT2D eigenvalue weighted by Crippen LogP contribution is -2.36. The molecule has 1 aliphatic rings. The highest BCUT2D eigenvalue weighted by Crippen LogP contribution is 2.14. The molecule has 0 fully saturated rings. The Bertz CT molecular complexity index is 479. The van der Waals surface area contributed by atoms with Crippen LogP contribution in [0.2, 0.25) is 0 Å². The molecule has 1 aromatic rings. The first-order valence-electron chi connectivity index (χ1n) is 7.38. The summed E-state index contributed by atoms with van der Waals surface area (Å²) in [4.78, 5) is 12.1. The van der Waals surface area contributed by atoms with Crippen molar-refractivity contribution >= 4 is 18.3 Å². The molecule has 0 saturated carbocycles. The van der Waals surface area contributed by atoms with Crippen LogP contribution in [0.1, 0.15) is 35.6 Å². The van der Waals surface area contributed by atoms with Gasteiger partial charge in [-0.2, -0.15) is 5.10 Å². The molecule has 0 bridgehead atoms. The van der Waals surface area contributed by atoms with Crippen molar-refractivity contribution in [3.8, 4) is 0 Å². The topological polar surface area (TPSA) is 99.3 Å². The molecule has 126 valence electrons. The number of aliphatic hydroxyl groups excluding tert-OH is 1. The smallest absolute Gasteiger partial charge is 0.272 e. The van der Waals surface area contributed by atoms with Crippen molar-refractivity contribution in [2.45, 2.75) is 32.9 Å². The quantitative estimate of drug-likeness (QED) is 0.573. The second kappa shape index (κ2) is 9.09. The van der Waals surface area contributed by atoms with Crippen molar-refractivity contribution in [3.63, 3.8) is 0 Å². The number of hydrogen-bond donors (Lipinski definition) is 4. The van der Waals surface area contributed by atoms with E-state index < -0.39 is 6.10 Å². The van der Waals surface area contributed by atoms with E-state index in [1.54, 1.807) is 0 Å². The number of aromatic nitrogens is 2. The second-order valence-corrected chi connectivity index (χ2v) is 5.75. The van der Waals surface area contributed by atoms with Crippen LogP contribution in [0.4, 0.5) is 0 Å². The van der Waals surface area contributed by atoms with Crippen LogP contribution in [0.15, 0.2) is 0 Å². The maximum absolute atomic E-state index is 12.1. The Morgan fingerprint density at radius 1 is 1.45 bits per heavy atom. The highest BCUT2D eigenvalue weighted by Gasteiger charge is 2.21. The zero-order valence-corrected chi connectivity index (χ0v) is 13.8. The number of nitrogens with one attached hydrogen (secondary N) is 3. The summed E-state index contributed by atoms with van der Waals surface area (Å²) in [5, 5.41) is 22.7. The van der Waals surface area contributed by atoms with Gasteiger partial charge in [0.1, 0.15) is 0 Å². The van der Waals surface area contributed by atoms with Crippen LogP contribution < -0.4 is 10.6 Å². The molecule has 22 heavy (non-hydrogen) atoms. The van der Waals surface area contributed by atoms with E-state index in [1.807, 2.05) is 13.8 Å². The third kappa shape index (κ3) is 5.24. The van der Waals surface area contributed by atoms with Crippen LogP contribution in [0.5, 0.6) is 0 Å². The van der Waals surface area contributed by atoms with Gasteiger partial charge in [-0.25, -0.2) is 0 Å².